The maximum absolute atomic E-state index is 11.7. The Kier molecular flexibility index (Phi) is 3.53. The third-order valence-electron chi connectivity index (χ3n) is 4.49. The van der Waals surface area contributed by atoms with Crippen LogP contribution in [0.2, 0.25) is 0 Å². The topological polar surface area (TPSA) is 71.2 Å². The van der Waals surface area contributed by atoms with Crippen LogP contribution in [0.4, 0.5) is 0 Å². The van der Waals surface area contributed by atoms with Gasteiger partial charge in [0.15, 0.2) is 0 Å². The van der Waals surface area contributed by atoms with Crippen LogP contribution in [0, 0.1) is 5.92 Å². The van der Waals surface area contributed by atoms with Gasteiger partial charge in [-0.25, -0.2) is 0 Å². The van der Waals surface area contributed by atoms with Gasteiger partial charge in [-0.15, -0.1) is 5.48 Å². The van der Waals surface area contributed by atoms with Crippen molar-refractivity contribution in [2.24, 2.45) is 5.92 Å². The summed E-state index contributed by atoms with van der Waals surface area (Å²) in [4.78, 5) is 31.1. The molecule has 0 unspecified atom stereocenters. The Labute approximate surface area is 129 Å². The van der Waals surface area contributed by atoms with Crippen LogP contribution in [0.25, 0.3) is 0 Å². The highest BCUT2D eigenvalue weighted by molar-refractivity contribution is 5.65. The van der Waals surface area contributed by atoms with Gasteiger partial charge in [0, 0.05) is 24.6 Å². The Bertz CT molecular complexity index is 745. The fourth-order valence-electron chi connectivity index (χ4n) is 3.82. The lowest BCUT2D eigenvalue weighted by Crippen LogP contribution is -2.52. The van der Waals surface area contributed by atoms with Gasteiger partial charge in [0.2, 0.25) is 5.56 Å². The Balaban J connectivity index is 2.20. The van der Waals surface area contributed by atoms with Crippen molar-refractivity contribution < 1.29 is 9.63 Å². The molecule has 3 rings (SSSR count). The summed E-state index contributed by atoms with van der Waals surface area (Å²) in [7, 11) is 0. The lowest BCUT2D eigenvalue weighted by Gasteiger charge is -2.47. The van der Waals surface area contributed by atoms with Gasteiger partial charge >= 0.3 is 5.97 Å². The van der Waals surface area contributed by atoms with Crippen molar-refractivity contribution >= 4 is 5.97 Å². The molecule has 0 aliphatic heterocycles. The number of hydrogen-bond acceptors (Lipinski definition) is 4. The van der Waals surface area contributed by atoms with Crippen LogP contribution in [0.3, 0.4) is 0 Å². The lowest BCUT2D eigenvalue weighted by atomic mass is 9.63. The zero-order valence-electron chi connectivity index (χ0n) is 13.0. The SMILES string of the molecule is C/C=C1\[C@H]2C=C(C)C[C@]1(NOC(C)=O)c1ccc(=O)[nH]c1C2. The van der Waals surface area contributed by atoms with E-state index in [2.05, 4.69) is 29.5 Å². The maximum atomic E-state index is 11.7. The average Bonchev–Trinajstić information content (AvgIpc) is 2.44. The molecule has 0 fully saturated rings. The summed E-state index contributed by atoms with van der Waals surface area (Å²) in [6, 6.07) is 3.36. The first kappa shape index (κ1) is 14.8. The van der Waals surface area contributed by atoms with Gasteiger partial charge in [0.25, 0.3) is 0 Å². The van der Waals surface area contributed by atoms with E-state index in [9.17, 15) is 9.59 Å². The largest absolute Gasteiger partial charge is 0.370 e. The predicted molar refractivity (Wildman–Crippen MR) is 83.0 cm³/mol. The first-order chi connectivity index (χ1) is 10.5. The number of hydroxylamine groups is 1. The summed E-state index contributed by atoms with van der Waals surface area (Å²) in [5, 5.41) is 0. The molecule has 22 heavy (non-hydrogen) atoms. The highest BCUT2D eigenvalue weighted by Crippen LogP contribution is 2.49. The Morgan fingerprint density at radius 2 is 2.27 bits per heavy atom. The predicted octanol–water partition coefficient (Wildman–Crippen LogP) is 2.11. The standard InChI is InChI=1S/C17H20N2O3/c1-4-13-12-7-10(2)9-17(13,19-22-11(3)20)14-5-6-16(21)18-15(14)8-12/h4-7,12,19H,8-9H2,1-3H3,(H,18,21)/b13-4+/t12-,17+/m0/s1. The van der Waals surface area contributed by atoms with E-state index >= 15 is 0 Å². The summed E-state index contributed by atoms with van der Waals surface area (Å²) in [6.07, 6.45) is 5.77. The smallest absolute Gasteiger partial charge is 0.321 e. The second kappa shape index (κ2) is 5.25. The van der Waals surface area contributed by atoms with Crippen molar-refractivity contribution in [1.82, 2.24) is 10.5 Å². The van der Waals surface area contributed by atoms with Gasteiger partial charge in [0.05, 0.1) is 0 Å². The molecular weight excluding hydrogens is 280 g/mol. The third-order valence-corrected chi connectivity index (χ3v) is 4.49. The van der Waals surface area contributed by atoms with E-state index in [-0.39, 0.29) is 17.4 Å². The van der Waals surface area contributed by atoms with Gasteiger partial charge in [-0.2, -0.15) is 0 Å². The number of pyridine rings is 1. The molecule has 2 N–H and O–H groups in total. The molecule has 2 aliphatic carbocycles. The number of hydrogen-bond donors (Lipinski definition) is 2. The van der Waals surface area contributed by atoms with Gasteiger partial charge < -0.3 is 9.82 Å². The molecule has 0 amide bonds. The van der Waals surface area contributed by atoms with E-state index in [0.29, 0.717) is 6.42 Å². The van der Waals surface area contributed by atoms with E-state index in [0.717, 1.165) is 17.7 Å². The number of carbonyl (C=O) groups is 1. The minimum absolute atomic E-state index is 0.107. The average molecular weight is 300 g/mol. The number of rotatable bonds is 2. The van der Waals surface area contributed by atoms with E-state index in [1.165, 1.54) is 24.1 Å². The van der Waals surface area contributed by atoms with Crippen LogP contribution in [0.5, 0.6) is 0 Å². The van der Waals surface area contributed by atoms with Crippen molar-refractivity contribution in [3.63, 3.8) is 0 Å². The van der Waals surface area contributed by atoms with Gasteiger partial charge in [-0.3, -0.25) is 9.59 Å². The molecule has 0 saturated heterocycles. The minimum atomic E-state index is -0.596. The monoisotopic (exact) mass is 300 g/mol. The van der Waals surface area contributed by atoms with Gasteiger partial charge in [-0.1, -0.05) is 17.7 Å². The van der Waals surface area contributed by atoms with Crippen LogP contribution < -0.4 is 11.0 Å². The summed E-state index contributed by atoms with van der Waals surface area (Å²) in [6.45, 7) is 5.45. The minimum Gasteiger partial charge on any atom is -0.370 e. The van der Waals surface area contributed by atoms with Crippen LogP contribution in [0.15, 0.2) is 40.2 Å². The molecule has 0 radical (unpaired) electrons. The molecule has 116 valence electrons. The van der Waals surface area contributed by atoms with E-state index in [4.69, 9.17) is 4.84 Å². The fraction of sp³-hybridized carbons (Fsp3) is 0.412. The number of allylic oxidation sites excluding steroid dienone is 2. The lowest BCUT2D eigenvalue weighted by molar-refractivity contribution is -0.153. The van der Waals surface area contributed by atoms with Crippen molar-refractivity contribution in [3.8, 4) is 0 Å². The maximum Gasteiger partial charge on any atom is 0.321 e. The number of carbonyl (C=O) groups excluding carboxylic acids is 1. The summed E-state index contributed by atoms with van der Waals surface area (Å²) >= 11 is 0. The number of aromatic nitrogens is 1. The third kappa shape index (κ3) is 2.22. The number of fused-ring (bicyclic) bond motifs is 4. The Hall–Kier alpha value is -2.14. The van der Waals surface area contributed by atoms with Crippen LogP contribution in [-0.2, 0) is 21.6 Å². The molecule has 0 aromatic carbocycles. The summed E-state index contributed by atoms with van der Waals surface area (Å²) < 4.78 is 0. The first-order valence-corrected chi connectivity index (χ1v) is 7.47. The zero-order valence-corrected chi connectivity index (χ0v) is 13.0. The number of aromatic amines is 1. The summed E-state index contributed by atoms with van der Waals surface area (Å²) in [5.41, 5.74) is 6.60. The van der Waals surface area contributed by atoms with E-state index in [1.54, 1.807) is 0 Å². The van der Waals surface area contributed by atoms with Crippen LogP contribution in [0.1, 0.15) is 38.4 Å². The van der Waals surface area contributed by atoms with Crippen molar-refractivity contribution in [2.45, 2.75) is 39.2 Å². The highest BCUT2D eigenvalue weighted by Gasteiger charge is 2.47. The zero-order chi connectivity index (χ0) is 15.9. The first-order valence-electron chi connectivity index (χ1n) is 7.47. The molecule has 1 aromatic rings. The Morgan fingerprint density at radius 3 is 2.95 bits per heavy atom. The molecule has 1 aromatic heterocycles. The molecule has 2 aliphatic rings. The molecule has 1 heterocycles. The van der Waals surface area contributed by atoms with Crippen molar-refractivity contribution in [2.75, 3.05) is 0 Å². The van der Waals surface area contributed by atoms with E-state index < -0.39 is 5.54 Å². The van der Waals surface area contributed by atoms with Crippen LogP contribution in [-0.4, -0.2) is 11.0 Å². The molecular formula is C17H20N2O3. The molecule has 2 atom stereocenters. The number of nitrogens with one attached hydrogen (secondary N) is 2. The fourth-order valence-corrected chi connectivity index (χ4v) is 3.82. The molecule has 5 heteroatoms. The second-order valence-electron chi connectivity index (χ2n) is 6.06. The highest BCUT2D eigenvalue weighted by atomic mass is 16.7. The van der Waals surface area contributed by atoms with Gasteiger partial charge in [0.1, 0.15) is 5.54 Å². The molecule has 5 nitrogen and oxygen atoms in total. The Morgan fingerprint density at radius 1 is 1.50 bits per heavy atom. The van der Waals surface area contributed by atoms with E-state index in [1.807, 2.05) is 13.0 Å². The van der Waals surface area contributed by atoms with Crippen molar-refractivity contribution in [3.05, 3.63) is 57.0 Å². The molecule has 0 saturated carbocycles. The molecule has 0 spiro atoms. The van der Waals surface area contributed by atoms with Gasteiger partial charge in [-0.05, 0) is 43.9 Å². The normalized spacial score (nSPS) is 28.0. The molecule has 2 bridgehead atoms. The quantitative estimate of drug-likeness (QED) is 0.648. The van der Waals surface area contributed by atoms with Crippen LogP contribution >= 0.6 is 0 Å². The second-order valence-corrected chi connectivity index (χ2v) is 6.06. The summed E-state index contributed by atoms with van der Waals surface area (Å²) in [5.74, 6) is -0.183. The van der Waals surface area contributed by atoms with Crippen molar-refractivity contribution in [1.29, 1.82) is 0 Å². The number of H-pyrrole nitrogens is 1.